The number of nitrogens with one attached hydrogen (secondary N) is 1. The molecule has 0 aliphatic rings. The normalized spacial score (nSPS) is 9.53. The standard InChI is InChI=1S/C13H11N3O2S/c17-8-4-3-6-10-5-1-2-7-11(10)12(18)15-13-16-14-9-19-13/h1-2,5,7,9,17H,4,8H2,(H,15,16,18). The molecule has 0 aliphatic carbocycles. The Bertz CT molecular complexity index is 614. The van der Waals surface area contributed by atoms with Gasteiger partial charge in [0.05, 0.1) is 12.2 Å². The zero-order chi connectivity index (χ0) is 13.5. The summed E-state index contributed by atoms with van der Waals surface area (Å²) in [6, 6.07) is 7.04. The molecule has 6 heteroatoms. The Morgan fingerprint density at radius 1 is 1.42 bits per heavy atom. The number of amides is 1. The number of carbonyl (C=O) groups excluding carboxylic acids is 1. The fourth-order valence-electron chi connectivity index (χ4n) is 1.40. The average molecular weight is 273 g/mol. The number of nitrogens with zero attached hydrogens (tertiary/aromatic N) is 2. The van der Waals surface area contributed by atoms with Crippen molar-refractivity contribution in [3.63, 3.8) is 0 Å². The van der Waals surface area contributed by atoms with Crippen molar-refractivity contribution in [1.82, 2.24) is 10.2 Å². The number of rotatable bonds is 3. The van der Waals surface area contributed by atoms with Crippen LogP contribution in [0.2, 0.25) is 0 Å². The Kier molecular flexibility index (Phi) is 4.61. The molecule has 2 aromatic rings. The van der Waals surface area contributed by atoms with E-state index >= 15 is 0 Å². The van der Waals surface area contributed by atoms with Gasteiger partial charge in [-0.15, -0.1) is 10.2 Å². The molecule has 2 N–H and O–H groups in total. The van der Waals surface area contributed by atoms with Crippen LogP contribution in [0.3, 0.4) is 0 Å². The molecule has 5 nitrogen and oxygen atoms in total. The highest BCUT2D eigenvalue weighted by Crippen LogP contribution is 2.13. The van der Waals surface area contributed by atoms with E-state index in [1.807, 2.05) is 6.07 Å². The Labute approximate surface area is 114 Å². The van der Waals surface area contributed by atoms with Gasteiger partial charge < -0.3 is 5.11 Å². The number of anilines is 1. The molecule has 2 rings (SSSR count). The maximum atomic E-state index is 12.1. The SMILES string of the molecule is O=C(Nc1nncs1)c1ccccc1C#CCCO. The largest absolute Gasteiger partial charge is 0.395 e. The number of benzene rings is 1. The monoisotopic (exact) mass is 273 g/mol. The van der Waals surface area contributed by atoms with Gasteiger partial charge in [-0.2, -0.15) is 0 Å². The molecule has 1 amide bonds. The topological polar surface area (TPSA) is 75.1 Å². The van der Waals surface area contributed by atoms with Crippen molar-refractivity contribution in [2.45, 2.75) is 6.42 Å². The minimum atomic E-state index is -0.273. The summed E-state index contributed by atoms with van der Waals surface area (Å²) < 4.78 is 0. The predicted octanol–water partition coefficient (Wildman–Crippen LogP) is 1.52. The van der Waals surface area contributed by atoms with Crippen LogP contribution in [0, 0.1) is 11.8 Å². The molecule has 0 unspecified atom stereocenters. The minimum absolute atomic E-state index is 0.00610. The van der Waals surface area contributed by atoms with Crippen molar-refractivity contribution in [3.8, 4) is 11.8 Å². The first-order valence-corrected chi connectivity index (χ1v) is 6.45. The van der Waals surface area contributed by atoms with E-state index < -0.39 is 0 Å². The highest BCUT2D eigenvalue weighted by Gasteiger charge is 2.11. The lowest BCUT2D eigenvalue weighted by atomic mass is 10.1. The summed E-state index contributed by atoms with van der Waals surface area (Å²) in [5.41, 5.74) is 2.64. The predicted molar refractivity (Wildman–Crippen MR) is 72.9 cm³/mol. The zero-order valence-corrected chi connectivity index (χ0v) is 10.8. The van der Waals surface area contributed by atoms with Crippen LogP contribution in [0.1, 0.15) is 22.3 Å². The summed E-state index contributed by atoms with van der Waals surface area (Å²) in [6.07, 6.45) is 0.381. The first-order valence-electron chi connectivity index (χ1n) is 5.57. The van der Waals surface area contributed by atoms with E-state index in [1.54, 1.807) is 23.7 Å². The van der Waals surface area contributed by atoms with Crippen molar-refractivity contribution in [1.29, 1.82) is 0 Å². The van der Waals surface area contributed by atoms with Crippen molar-refractivity contribution in [3.05, 3.63) is 40.9 Å². The molecule has 0 saturated heterocycles. The molecule has 1 heterocycles. The van der Waals surface area contributed by atoms with Crippen LogP contribution in [0.15, 0.2) is 29.8 Å². The van der Waals surface area contributed by atoms with Gasteiger partial charge in [0.15, 0.2) is 0 Å². The van der Waals surface area contributed by atoms with Crippen LogP contribution in [-0.4, -0.2) is 27.8 Å². The highest BCUT2D eigenvalue weighted by atomic mass is 32.1. The minimum Gasteiger partial charge on any atom is -0.395 e. The molecule has 0 bridgehead atoms. The molecule has 96 valence electrons. The molecule has 1 aromatic carbocycles. The average Bonchev–Trinajstić information content (AvgIpc) is 2.92. The lowest BCUT2D eigenvalue weighted by Crippen LogP contribution is -2.13. The van der Waals surface area contributed by atoms with Crippen LogP contribution >= 0.6 is 11.3 Å². The van der Waals surface area contributed by atoms with Crippen LogP contribution in [0.4, 0.5) is 5.13 Å². The maximum Gasteiger partial charge on any atom is 0.258 e. The molecule has 0 spiro atoms. The first kappa shape index (κ1) is 13.2. The van der Waals surface area contributed by atoms with Crippen LogP contribution < -0.4 is 5.32 Å². The van der Waals surface area contributed by atoms with E-state index in [9.17, 15) is 4.79 Å². The van der Waals surface area contributed by atoms with E-state index in [0.717, 1.165) is 0 Å². The molecular weight excluding hydrogens is 262 g/mol. The second kappa shape index (κ2) is 6.64. The smallest absolute Gasteiger partial charge is 0.258 e. The summed E-state index contributed by atoms with van der Waals surface area (Å²) in [5.74, 6) is 5.40. The van der Waals surface area contributed by atoms with Gasteiger partial charge in [-0.25, -0.2) is 0 Å². The molecule has 1 aromatic heterocycles. The van der Waals surface area contributed by atoms with E-state index in [-0.39, 0.29) is 12.5 Å². The third kappa shape index (κ3) is 3.61. The van der Waals surface area contributed by atoms with E-state index in [1.165, 1.54) is 11.3 Å². The Morgan fingerprint density at radius 3 is 3.00 bits per heavy atom. The number of aliphatic hydroxyl groups is 1. The Hall–Kier alpha value is -2.23. The van der Waals surface area contributed by atoms with Crippen molar-refractivity contribution < 1.29 is 9.90 Å². The molecule has 0 radical (unpaired) electrons. The third-order valence-electron chi connectivity index (χ3n) is 2.21. The van der Waals surface area contributed by atoms with Gasteiger partial charge in [-0.1, -0.05) is 35.3 Å². The van der Waals surface area contributed by atoms with Gasteiger partial charge in [0.1, 0.15) is 5.51 Å². The molecule has 0 atom stereocenters. The van der Waals surface area contributed by atoms with Gasteiger partial charge in [-0.3, -0.25) is 10.1 Å². The zero-order valence-electron chi connectivity index (χ0n) is 9.96. The summed E-state index contributed by atoms with van der Waals surface area (Å²) in [6.45, 7) is 0.00610. The number of hydrogen-bond donors (Lipinski definition) is 2. The molecule has 0 aliphatic heterocycles. The van der Waals surface area contributed by atoms with Crippen LogP contribution in [-0.2, 0) is 0 Å². The number of aromatic nitrogens is 2. The fraction of sp³-hybridized carbons (Fsp3) is 0.154. The Morgan fingerprint density at radius 2 is 2.26 bits per heavy atom. The van der Waals surface area contributed by atoms with Gasteiger partial charge in [0.2, 0.25) is 5.13 Å². The van der Waals surface area contributed by atoms with E-state index in [2.05, 4.69) is 27.4 Å². The van der Waals surface area contributed by atoms with Gasteiger partial charge in [0, 0.05) is 12.0 Å². The van der Waals surface area contributed by atoms with Gasteiger partial charge in [0.25, 0.3) is 5.91 Å². The summed E-state index contributed by atoms with van der Waals surface area (Å²) in [7, 11) is 0. The maximum absolute atomic E-state index is 12.1. The van der Waals surface area contributed by atoms with Gasteiger partial charge in [-0.05, 0) is 12.1 Å². The first-order chi connectivity index (χ1) is 9.31. The fourth-order valence-corrected chi connectivity index (χ4v) is 1.84. The number of hydrogen-bond acceptors (Lipinski definition) is 5. The summed E-state index contributed by atoms with van der Waals surface area (Å²) in [4.78, 5) is 12.1. The lowest BCUT2D eigenvalue weighted by molar-refractivity contribution is 0.102. The summed E-state index contributed by atoms with van der Waals surface area (Å²) in [5, 5.41) is 19.2. The highest BCUT2D eigenvalue weighted by molar-refractivity contribution is 7.13. The number of aliphatic hydroxyl groups excluding tert-OH is 1. The second-order valence-corrected chi connectivity index (χ2v) is 4.35. The Balaban J connectivity index is 2.20. The molecule has 0 saturated carbocycles. The summed E-state index contributed by atoms with van der Waals surface area (Å²) >= 11 is 1.25. The lowest BCUT2D eigenvalue weighted by Gasteiger charge is -2.03. The van der Waals surface area contributed by atoms with Crippen molar-refractivity contribution in [2.24, 2.45) is 0 Å². The second-order valence-electron chi connectivity index (χ2n) is 3.52. The van der Waals surface area contributed by atoms with Crippen molar-refractivity contribution in [2.75, 3.05) is 11.9 Å². The van der Waals surface area contributed by atoms with Crippen molar-refractivity contribution >= 4 is 22.4 Å². The molecule has 19 heavy (non-hydrogen) atoms. The molecular formula is C13H11N3O2S. The number of carbonyl (C=O) groups is 1. The van der Waals surface area contributed by atoms with E-state index in [4.69, 9.17) is 5.11 Å². The van der Waals surface area contributed by atoms with Crippen LogP contribution in [0.5, 0.6) is 0 Å². The third-order valence-corrected chi connectivity index (χ3v) is 2.82. The van der Waals surface area contributed by atoms with Crippen LogP contribution in [0.25, 0.3) is 0 Å². The van der Waals surface area contributed by atoms with E-state index in [0.29, 0.717) is 22.7 Å². The quantitative estimate of drug-likeness (QED) is 0.831. The molecule has 0 fully saturated rings. The van der Waals surface area contributed by atoms with Gasteiger partial charge >= 0.3 is 0 Å².